The maximum atomic E-state index is 12.5. The first kappa shape index (κ1) is 19.7. The summed E-state index contributed by atoms with van der Waals surface area (Å²) in [5.41, 5.74) is 1.82. The van der Waals surface area contributed by atoms with Gasteiger partial charge >= 0.3 is 6.18 Å². The van der Waals surface area contributed by atoms with E-state index in [9.17, 15) is 13.2 Å². The van der Waals surface area contributed by atoms with Crippen molar-refractivity contribution in [1.29, 1.82) is 0 Å². The van der Waals surface area contributed by atoms with Crippen molar-refractivity contribution in [3.8, 4) is 11.8 Å². The van der Waals surface area contributed by atoms with Crippen molar-refractivity contribution in [3.05, 3.63) is 59.6 Å². The lowest BCUT2D eigenvalue weighted by Crippen LogP contribution is -2.31. The van der Waals surface area contributed by atoms with Gasteiger partial charge in [0.1, 0.15) is 5.69 Å². The van der Waals surface area contributed by atoms with Crippen molar-refractivity contribution in [2.75, 3.05) is 29.9 Å². The second-order valence-corrected chi connectivity index (χ2v) is 6.39. The van der Waals surface area contributed by atoms with Crippen LogP contribution in [0.5, 0.6) is 0 Å². The Morgan fingerprint density at radius 2 is 1.96 bits per heavy atom. The Hall–Kier alpha value is -3.01. The average Bonchev–Trinajstić information content (AvgIpc) is 2.69. The van der Waals surface area contributed by atoms with E-state index in [4.69, 9.17) is 0 Å². The van der Waals surface area contributed by atoms with Crippen molar-refractivity contribution in [2.24, 2.45) is 0 Å². The molecule has 0 atom stereocenters. The lowest BCUT2D eigenvalue weighted by Gasteiger charge is -2.30. The summed E-state index contributed by atoms with van der Waals surface area (Å²) in [6, 6.07) is 6.24. The van der Waals surface area contributed by atoms with Crippen molar-refractivity contribution in [1.82, 2.24) is 9.97 Å². The molecule has 0 aromatic carbocycles. The molecule has 4 nitrogen and oxygen atoms in total. The largest absolute Gasteiger partial charge is 0.433 e. The third kappa shape index (κ3) is 5.03. The number of pyridine rings is 2. The maximum Gasteiger partial charge on any atom is 0.433 e. The quantitative estimate of drug-likeness (QED) is 0.789. The van der Waals surface area contributed by atoms with Crippen molar-refractivity contribution in [3.63, 3.8) is 0 Å². The fourth-order valence-electron chi connectivity index (χ4n) is 2.98. The molecule has 1 fully saturated rings. The monoisotopic (exact) mass is 386 g/mol. The van der Waals surface area contributed by atoms with Gasteiger partial charge in [-0.25, -0.2) is 4.98 Å². The normalized spacial score (nSPS) is 14.3. The van der Waals surface area contributed by atoms with Gasteiger partial charge in [-0.05, 0) is 50.1 Å². The molecule has 28 heavy (non-hydrogen) atoms. The van der Waals surface area contributed by atoms with E-state index in [1.165, 1.54) is 11.6 Å². The third-order valence-electron chi connectivity index (χ3n) is 4.41. The predicted molar refractivity (Wildman–Crippen MR) is 104 cm³/mol. The van der Waals surface area contributed by atoms with E-state index in [0.29, 0.717) is 5.56 Å². The highest BCUT2D eigenvalue weighted by Gasteiger charge is 2.31. The number of rotatable bonds is 3. The van der Waals surface area contributed by atoms with Gasteiger partial charge in [0.15, 0.2) is 5.82 Å². The zero-order valence-electron chi connectivity index (χ0n) is 15.6. The second kappa shape index (κ2) is 8.79. The number of hydrogen-bond acceptors (Lipinski definition) is 4. The van der Waals surface area contributed by atoms with Gasteiger partial charge in [-0.15, -0.1) is 0 Å². The highest BCUT2D eigenvalue weighted by atomic mass is 19.4. The molecule has 2 aromatic heterocycles. The molecular formula is C21H21F3N4. The topological polar surface area (TPSA) is 41.1 Å². The molecule has 0 unspecified atom stereocenters. The van der Waals surface area contributed by atoms with Crippen LogP contribution in [0.3, 0.4) is 0 Å². The van der Waals surface area contributed by atoms with Crippen LogP contribution in [-0.2, 0) is 6.18 Å². The summed E-state index contributed by atoms with van der Waals surface area (Å²) in [6.07, 6.45) is 2.14. The Morgan fingerprint density at radius 3 is 2.61 bits per heavy atom. The van der Waals surface area contributed by atoms with Crippen LogP contribution >= 0.6 is 0 Å². The summed E-state index contributed by atoms with van der Waals surface area (Å²) in [5, 5.41) is 3.33. The van der Waals surface area contributed by atoms with E-state index in [-0.39, 0.29) is 0 Å². The first-order chi connectivity index (χ1) is 13.5. The molecule has 7 heteroatoms. The van der Waals surface area contributed by atoms with Crippen LogP contribution in [0, 0.1) is 11.8 Å². The van der Waals surface area contributed by atoms with E-state index >= 15 is 0 Å². The predicted octanol–water partition coefficient (Wildman–Crippen LogP) is 4.51. The molecule has 1 N–H and O–H groups in total. The molecule has 1 saturated heterocycles. The van der Waals surface area contributed by atoms with Crippen LogP contribution in [0.15, 0.2) is 48.3 Å². The minimum atomic E-state index is -4.43. The third-order valence-corrected chi connectivity index (χ3v) is 4.41. The molecule has 3 rings (SSSR count). The summed E-state index contributed by atoms with van der Waals surface area (Å²) < 4.78 is 37.5. The zero-order chi connectivity index (χ0) is 20.0. The van der Waals surface area contributed by atoms with E-state index in [2.05, 4.69) is 38.9 Å². The molecule has 146 valence electrons. The summed E-state index contributed by atoms with van der Waals surface area (Å²) in [6.45, 7) is 4.60. The van der Waals surface area contributed by atoms with Gasteiger partial charge in [-0.3, -0.25) is 4.98 Å². The standard InChI is InChI=1S/C21H21F3N4/c1-2-25-18-7-4-12-26-20(18)28-13-10-16(11-14-28)5-3-6-17-8-9-19(27-15-17)21(22,23)24/h4-5,7-9,12,15,25H,2,10-11,13-14H2,1H3. The fraction of sp³-hybridized carbons (Fsp3) is 0.333. The first-order valence-electron chi connectivity index (χ1n) is 9.14. The molecule has 2 aromatic rings. The van der Waals surface area contributed by atoms with E-state index in [1.807, 2.05) is 18.2 Å². The van der Waals surface area contributed by atoms with Gasteiger partial charge in [0.25, 0.3) is 0 Å². The van der Waals surface area contributed by atoms with Crippen LogP contribution in [0.25, 0.3) is 0 Å². The minimum Gasteiger partial charge on any atom is -0.382 e. The number of nitrogens with one attached hydrogen (secondary N) is 1. The average molecular weight is 386 g/mol. The molecule has 0 radical (unpaired) electrons. The number of aromatic nitrogens is 2. The highest BCUT2D eigenvalue weighted by molar-refractivity contribution is 5.65. The Labute approximate surface area is 162 Å². The molecule has 0 aliphatic carbocycles. The van der Waals surface area contributed by atoms with Crippen LogP contribution in [0.4, 0.5) is 24.7 Å². The summed E-state index contributed by atoms with van der Waals surface area (Å²) in [7, 11) is 0. The number of alkyl halides is 3. The summed E-state index contributed by atoms with van der Waals surface area (Å²) in [4.78, 5) is 10.2. The number of allylic oxidation sites excluding steroid dienone is 1. The lowest BCUT2D eigenvalue weighted by atomic mass is 10.0. The van der Waals surface area contributed by atoms with Gasteiger partial charge in [-0.1, -0.05) is 17.4 Å². The number of nitrogens with zero attached hydrogens (tertiary/aromatic N) is 3. The lowest BCUT2D eigenvalue weighted by molar-refractivity contribution is -0.141. The Morgan fingerprint density at radius 1 is 1.18 bits per heavy atom. The summed E-state index contributed by atoms with van der Waals surface area (Å²) >= 11 is 0. The minimum absolute atomic E-state index is 0.464. The van der Waals surface area contributed by atoms with Gasteiger partial charge in [0.05, 0.1) is 5.69 Å². The number of anilines is 2. The van der Waals surface area contributed by atoms with Crippen molar-refractivity contribution in [2.45, 2.75) is 25.9 Å². The SMILES string of the molecule is CCNc1cccnc1N1CCC(=CC#Cc2ccc(C(F)(F)F)nc2)CC1. The van der Waals surface area contributed by atoms with Gasteiger partial charge < -0.3 is 10.2 Å². The van der Waals surface area contributed by atoms with Crippen LogP contribution in [0.1, 0.15) is 31.0 Å². The van der Waals surface area contributed by atoms with Crippen molar-refractivity contribution < 1.29 is 13.2 Å². The van der Waals surface area contributed by atoms with Crippen LogP contribution < -0.4 is 10.2 Å². The fourth-order valence-corrected chi connectivity index (χ4v) is 2.98. The van der Waals surface area contributed by atoms with Crippen LogP contribution in [-0.4, -0.2) is 29.6 Å². The van der Waals surface area contributed by atoms with E-state index < -0.39 is 11.9 Å². The van der Waals surface area contributed by atoms with Crippen LogP contribution in [0.2, 0.25) is 0 Å². The second-order valence-electron chi connectivity index (χ2n) is 6.39. The Balaban J connectivity index is 1.60. The van der Waals surface area contributed by atoms with Gasteiger partial charge in [-0.2, -0.15) is 13.2 Å². The first-order valence-corrected chi connectivity index (χ1v) is 9.14. The molecule has 3 heterocycles. The van der Waals surface area contributed by atoms with Crippen molar-refractivity contribution >= 4 is 11.5 Å². The Bertz CT molecular complexity index is 882. The van der Waals surface area contributed by atoms with E-state index in [0.717, 1.165) is 56.2 Å². The molecule has 0 spiro atoms. The molecular weight excluding hydrogens is 365 g/mol. The molecule has 0 saturated carbocycles. The summed E-state index contributed by atoms with van der Waals surface area (Å²) in [5.74, 6) is 6.75. The van der Waals surface area contributed by atoms with Gasteiger partial charge in [0, 0.05) is 37.6 Å². The smallest absolute Gasteiger partial charge is 0.382 e. The molecule has 0 amide bonds. The zero-order valence-corrected chi connectivity index (χ0v) is 15.6. The number of piperidine rings is 1. The number of hydrogen-bond donors (Lipinski definition) is 1. The Kier molecular flexibility index (Phi) is 6.19. The molecule has 1 aliphatic heterocycles. The molecule has 1 aliphatic rings. The molecule has 0 bridgehead atoms. The number of halogens is 3. The van der Waals surface area contributed by atoms with Gasteiger partial charge in [0.2, 0.25) is 0 Å². The highest BCUT2D eigenvalue weighted by Crippen LogP contribution is 2.28. The van der Waals surface area contributed by atoms with E-state index in [1.54, 1.807) is 6.20 Å². The maximum absolute atomic E-state index is 12.5.